The predicted molar refractivity (Wildman–Crippen MR) is 80.2 cm³/mol. The molecule has 2 heterocycles. The molecule has 7 heteroatoms. The van der Waals surface area contributed by atoms with E-state index in [1.807, 2.05) is 0 Å². The molecule has 0 unspecified atom stereocenters. The average Bonchev–Trinajstić information content (AvgIpc) is 2.97. The summed E-state index contributed by atoms with van der Waals surface area (Å²) < 4.78 is 27.1. The lowest BCUT2D eigenvalue weighted by molar-refractivity contribution is 0.213. The number of sulfonamides is 1. The van der Waals surface area contributed by atoms with Crippen molar-refractivity contribution >= 4 is 26.6 Å². The first-order valence-electron chi connectivity index (χ1n) is 6.81. The molecule has 1 aromatic carbocycles. The lowest BCUT2D eigenvalue weighted by Crippen LogP contribution is -2.37. The Kier molecular flexibility index (Phi) is 3.56. The van der Waals surface area contributed by atoms with Gasteiger partial charge in [0.25, 0.3) is 0 Å². The maximum Gasteiger partial charge on any atom is 0.245 e. The second-order valence-electron chi connectivity index (χ2n) is 5.15. The van der Waals surface area contributed by atoms with Crippen molar-refractivity contribution < 1.29 is 13.5 Å². The largest absolute Gasteiger partial charge is 0.398 e. The maximum absolute atomic E-state index is 12.9. The van der Waals surface area contributed by atoms with Gasteiger partial charge in [0.15, 0.2) is 0 Å². The molecule has 1 atom stereocenters. The number of nitrogens with zero attached hydrogens (tertiary/aromatic N) is 2. The third-order valence-electron chi connectivity index (χ3n) is 3.89. The zero-order valence-corrected chi connectivity index (χ0v) is 12.3. The van der Waals surface area contributed by atoms with Gasteiger partial charge < -0.3 is 10.8 Å². The number of anilines is 1. The standard InChI is InChI=1S/C14H17N3O3S/c15-12-5-6-13(14-11(12)4-1-7-16-14)21(19,20)17-8-2-3-10(17)9-18/h1,4-7,10,18H,2-3,8-9,15H2/t10-/m1/s1. The van der Waals surface area contributed by atoms with Crippen LogP contribution in [0.4, 0.5) is 5.69 Å². The van der Waals surface area contributed by atoms with Gasteiger partial charge in [0.2, 0.25) is 10.0 Å². The zero-order chi connectivity index (χ0) is 15.0. The Morgan fingerprint density at radius 3 is 2.95 bits per heavy atom. The van der Waals surface area contributed by atoms with Crippen LogP contribution in [0.2, 0.25) is 0 Å². The van der Waals surface area contributed by atoms with E-state index in [0.29, 0.717) is 29.6 Å². The van der Waals surface area contributed by atoms with Crippen molar-refractivity contribution in [1.29, 1.82) is 0 Å². The quantitative estimate of drug-likeness (QED) is 0.823. The van der Waals surface area contributed by atoms with Crippen molar-refractivity contribution in [2.45, 2.75) is 23.8 Å². The van der Waals surface area contributed by atoms with Gasteiger partial charge in [0, 0.05) is 29.9 Å². The number of aromatic nitrogens is 1. The van der Waals surface area contributed by atoms with Crippen LogP contribution in [0.25, 0.3) is 10.9 Å². The number of hydrogen-bond acceptors (Lipinski definition) is 5. The van der Waals surface area contributed by atoms with Crippen molar-refractivity contribution in [3.63, 3.8) is 0 Å². The number of fused-ring (bicyclic) bond motifs is 1. The molecule has 0 radical (unpaired) electrons. The predicted octanol–water partition coefficient (Wildman–Crippen LogP) is 0.962. The topological polar surface area (TPSA) is 96.5 Å². The normalized spacial score (nSPS) is 20.1. The minimum absolute atomic E-state index is 0.146. The highest BCUT2D eigenvalue weighted by Gasteiger charge is 2.36. The summed E-state index contributed by atoms with van der Waals surface area (Å²) >= 11 is 0. The number of aliphatic hydroxyl groups excluding tert-OH is 1. The van der Waals surface area contributed by atoms with E-state index in [4.69, 9.17) is 5.73 Å². The summed E-state index contributed by atoms with van der Waals surface area (Å²) in [7, 11) is -3.69. The number of nitrogen functional groups attached to an aromatic ring is 1. The number of benzene rings is 1. The summed E-state index contributed by atoms with van der Waals surface area (Å²) in [6.45, 7) is 0.256. The van der Waals surface area contributed by atoms with Gasteiger partial charge in [0.1, 0.15) is 4.90 Å². The van der Waals surface area contributed by atoms with Crippen LogP contribution >= 0.6 is 0 Å². The van der Waals surface area contributed by atoms with Gasteiger partial charge in [-0.1, -0.05) is 0 Å². The summed E-state index contributed by atoms with van der Waals surface area (Å²) in [6.07, 6.45) is 2.98. The molecule has 6 nitrogen and oxygen atoms in total. The zero-order valence-electron chi connectivity index (χ0n) is 11.4. The van der Waals surface area contributed by atoms with Crippen LogP contribution in [-0.4, -0.2) is 42.0 Å². The van der Waals surface area contributed by atoms with Gasteiger partial charge in [-0.05, 0) is 37.1 Å². The first-order valence-corrected chi connectivity index (χ1v) is 8.25. The molecule has 0 saturated carbocycles. The summed E-state index contributed by atoms with van der Waals surface area (Å²) in [6, 6.07) is 6.20. The number of pyridine rings is 1. The molecule has 112 valence electrons. The molecule has 0 amide bonds. The van der Waals surface area contributed by atoms with Gasteiger partial charge in [-0.25, -0.2) is 8.42 Å². The molecule has 1 fully saturated rings. The van der Waals surface area contributed by atoms with E-state index in [1.165, 1.54) is 10.4 Å². The summed E-state index contributed by atoms with van der Waals surface area (Å²) in [5.74, 6) is 0. The molecule has 2 aromatic rings. The molecule has 1 saturated heterocycles. The number of aliphatic hydroxyl groups is 1. The summed E-state index contributed by atoms with van der Waals surface area (Å²) in [4.78, 5) is 4.33. The highest BCUT2D eigenvalue weighted by atomic mass is 32.2. The fourth-order valence-corrected chi connectivity index (χ4v) is 4.65. The lowest BCUT2D eigenvalue weighted by atomic mass is 10.2. The van der Waals surface area contributed by atoms with E-state index in [9.17, 15) is 13.5 Å². The van der Waals surface area contributed by atoms with E-state index in [-0.39, 0.29) is 17.5 Å². The highest BCUT2D eigenvalue weighted by molar-refractivity contribution is 7.89. The molecule has 1 aromatic heterocycles. The summed E-state index contributed by atoms with van der Waals surface area (Å²) in [5, 5.41) is 9.99. The Hall–Kier alpha value is -1.70. The molecule has 3 rings (SSSR count). The fourth-order valence-electron chi connectivity index (χ4n) is 2.81. The van der Waals surface area contributed by atoms with Crippen LogP contribution < -0.4 is 5.73 Å². The first-order chi connectivity index (χ1) is 10.1. The number of nitrogens with two attached hydrogens (primary N) is 1. The lowest BCUT2D eigenvalue weighted by Gasteiger charge is -2.23. The number of rotatable bonds is 3. The average molecular weight is 307 g/mol. The maximum atomic E-state index is 12.9. The third kappa shape index (κ3) is 2.27. The van der Waals surface area contributed by atoms with Crippen molar-refractivity contribution in [2.75, 3.05) is 18.9 Å². The minimum Gasteiger partial charge on any atom is -0.398 e. The van der Waals surface area contributed by atoms with E-state index < -0.39 is 10.0 Å². The molecule has 0 bridgehead atoms. The molecule has 1 aliphatic heterocycles. The van der Waals surface area contributed by atoms with Crippen LogP contribution in [0.3, 0.4) is 0 Å². The van der Waals surface area contributed by atoms with Gasteiger partial charge in [-0.15, -0.1) is 0 Å². The summed E-state index contributed by atoms with van der Waals surface area (Å²) in [5.41, 5.74) is 6.76. The van der Waals surface area contributed by atoms with Crippen LogP contribution in [0.5, 0.6) is 0 Å². The van der Waals surface area contributed by atoms with Crippen molar-refractivity contribution in [3.05, 3.63) is 30.5 Å². The number of hydrogen-bond donors (Lipinski definition) is 2. The second-order valence-corrected chi connectivity index (χ2v) is 7.01. The molecule has 0 spiro atoms. The molecular weight excluding hydrogens is 290 g/mol. The van der Waals surface area contributed by atoms with Crippen molar-refractivity contribution in [1.82, 2.24) is 9.29 Å². The molecule has 21 heavy (non-hydrogen) atoms. The third-order valence-corrected chi connectivity index (χ3v) is 5.87. The van der Waals surface area contributed by atoms with Crippen LogP contribution in [0.1, 0.15) is 12.8 Å². The van der Waals surface area contributed by atoms with Gasteiger partial charge in [-0.3, -0.25) is 4.98 Å². The van der Waals surface area contributed by atoms with Crippen molar-refractivity contribution in [2.24, 2.45) is 0 Å². The van der Waals surface area contributed by atoms with Crippen molar-refractivity contribution in [3.8, 4) is 0 Å². The molecule has 3 N–H and O–H groups in total. The van der Waals surface area contributed by atoms with Crippen LogP contribution in [0, 0.1) is 0 Å². The Balaban J connectivity index is 2.18. The SMILES string of the molecule is Nc1ccc(S(=O)(=O)N2CCC[C@@H]2CO)c2ncccc12. The Labute approximate surface area is 123 Å². The molecule has 1 aliphatic rings. The van der Waals surface area contributed by atoms with E-state index in [1.54, 1.807) is 24.4 Å². The van der Waals surface area contributed by atoms with E-state index in [0.717, 1.165) is 6.42 Å². The monoisotopic (exact) mass is 307 g/mol. The van der Waals surface area contributed by atoms with Crippen LogP contribution in [-0.2, 0) is 10.0 Å². The van der Waals surface area contributed by atoms with Gasteiger partial charge in [-0.2, -0.15) is 4.31 Å². The Bertz CT molecular complexity index is 776. The Morgan fingerprint density at radius 2 is 2.19 bits per heavy atom. The van der Waals surface area contributed by atoms with Crippen LogP contribution in [0.15, 0.2) is 35.4 Å². The Morgan fingerprint density at radius 1 is 1.38 bits per heavy atom. The molecule has 0 aliphatic carbocycles. The fraction of sp³-hybridized carbons (Fsp3) is 0.357. The second kappa shape index (κ2) is 5.25. The minimum atomic E-state index is -3.69. The highest BCUT2D eigenvalue weighted by Crippen LogP contribution is 2.31. The van der Waals surface area contributed by atoms with Gasteiger partial charge >= 0.3 is 0 Å². The van der Waals surface area contributed by atoms with Gasteiger partial charge in [0.05, 0.1) is 12.1 Å². The van der Waals surface area contributed by atoms with E-state index >= 15 is 0 Å². The molecular formula is C14H17N3O3S. The van der Waals surface area contributed by atoms with E-state index in [2.05, 4.69) is 4.98 Å². The smallest absolute Gasteiger partial charge is 0.245 e. The first kappa shape index (κ1) is 14.2.